The number of hydrogen-bond donors (Lipinski definition) is 2. The lowest BCUT2D eigenvalue weighted by Crippen LogP contribution is -2.24. The molecule has 2 aromatic heterocycles. The SMILES string of the molecule is Cc1cc(C(=O)NCc2cn(C)nc2C)cc(=O)[nH]1. The van der Waals surface area contributed by atoms with Crippen molar-refractivity contribution >= 4 is 5.91 Å². The van der Waals surface area contributed by atoms with E-state index in [2.05, 4.69) is 15.4 Å². The lowest BCUT2D eigenvalue weighted by molar-refractivity contribution is 0.0950. The molecule has 0 fully saturated rings. The fraction of sp³-hybridized carbons (Fsp3) is 0.308. The zero-order valence-electron chi connectivity index (χ0n) is 11.2. The smallest absolute Gasteiger partial charge is 0.251 e. The zero-order chi connectivity index (χ0) is 14.0. The minimum absolute atomic E-state index is 0.266. The van der Waals surface area contributed by atoms with Crippen molar-refractivity contribution in [3.05, 3.63) is 51.2 Å². The lowest BCUT2D eigenvalue weighted by Gasteiger charge is -2.04. The van der Waals surface area contributed by atoms with Crippen LogP contribution in [0.1, 0.15) is 27.3 Å². The van der Waals surface area contributed by atoms with Gasteiger partial charge in [0.2, 0.25) is 5.56 Å². The van der Waals surface area contributed by atoms with Gasteiger partial charge in [-0.25, -0.2) is 0 Å². The van der Waals surface area contributed by atoms with Crippen LogP contribution in [-0.2, 0) is 13.6 Å². The standard InChI is InChI=1S/C13H16N4O2/c1-8-4-10(5-12(18)15-8)13(19)14-6-11-7-17(3)16-9(11)2/h4-5,7H,6H2,1-3H3,(H,14,19)(H,15,18). The number of carbonyl (C=O) groups is 1. The molecular formula is C13H16N4O2. The first-order valence-corrected chi connectivity index (χ1v) is 5.94. The highest BCUT2D eigenvalue weighted by Gasteiger charge is 2.09. The lowest BCUT2D eigenvalue weighted by atomic mass is 10.2. The average Bonchev–Trinajstić information content (AvgIpc) is 2.63. The van der Waals surface area contributed by atoms with Crippen molar-refractivity contribution < 1.29 is 4.79 Å². The Bertz CT molecular complexity index is 670. The van der Waals surface area contributed by atoms with E-state index in [0.29, 0.717) is 17.8 Å². The summed E-state index contributed by atoms with van der Waals surface area (Å²) in [6.45, 7) is 4.02. The molecule has 2 aromatic rings. The Morgan fingerprint density at radius 2 is 2.16 bits per heavy atom. The Hall–Kier alpha value is -2.37. The summed E-state index contributed by atoms with van der Waals surface area (Å²) in [7, 11) is 1.83. The van der Waals surface area contributed by atoms with Crippen molar-refractivity contribution in [2.24, 2.45) is 7.05 Å². The van der Waals surface area contributed by atoms with Gasteiger partial charge in [-0.1, -0.05) is 0 Å². The van der Waals surface area contributed by atoms with E-state index >= 15 is 0 Å². The number of H-pyrrole nitrogens is 1. The van der Waals surface area contributed by atoms with E-state index in [1.165, 1.54) is 6.07 Å². The summed E-state index contributed by atoms with van der Waals surface area (Å²) in [4.78, 5) is 25.9. The van der Waals surface area contributed by atoms with Crippen LogP contribution < -0.4 is 10.9 Å². The molecular weight excluding hydrogens is 244 g/mol. The van der Waals surface area contributed by atoms with Crippen molar-refractivity contribution in [3.63, 3.8) is 0 Å². The number of hydrogen-bond acceptors (Lipinski definition) is 3. The summed E-state index contributed by atoms with van der Waals surface area (Å²) >= 11 is 0. The number of aryl methyl sites for hydroxylation is 3. The van der Waals surface area contributed by atoms with Gasteiger partial charge in [0, 0.05) is 42.7 Å². The molecule has 0 saturated heterocycles. The molecule has 100 valence electrons. The van der Waals surface area contributed by atoms with Gasteiger partial charge < -0.3 is 10.3 Å². The number of aromatic amines is 1. The predicted molar refractivity (Wildman–Crippen MR) is 70.9 cm³/mol. The molecule has 0 aliphatic heterocycles. The molecule has 19 heavy (non-hydrogen) atoms. The number of rotatable bonds is 3. The van der Waals surface area contributed by atoms with Crippen LogP contribution in [0, 0.1) is 13.8 Å². The number of nitrogens with one attached hydrogen (secondary N) is 2. The molecule has 6 heteroatoms. The van der Waals surface area contributed by atoms with Gasteiger partial charge in [-0.15, -0.1) is 0 Å². The van der Waals surface area contributed by atoms with Crippen LogP contribution in [0.5, 0.6) is 0 Å². The molecule has 0 bridgehead atoms. The second-order valence-electron chi connectivity index (χ2n) is 4.51. The highest BCUT2D eigenvalue weighted by Crippen LogP contribution is 2.05. The quantitative estimate of drug-likeness (QED) is 0.850. The van der Waals surface area contributed by atoms with E-state index in [-0.39, 0.29) is 11.5 Å². The van der Waals surface area contributed by atoms with E-state index in [9.17, 15) is 9.59 Å². The number of carbonyl (C=O) groups excluding carboxylic acids is 1. The summed E-state index contributed by atoms with van der Waals surface area (Å²) in [5, 5.41) is 6.98. The Balaban J connectivity index is 2.09. The molecule has 0 aliphatic carbocycles. The first-order chi connectivity index (χ1) is 8.95. The van der Waals surface area contributed by atoms with Crippen molar-refractivity contribution in [3.8, 4) is 0 Å². The fourth-order valence-electron chi connectivity index (χ4n) is 1.91. The van der Waals surface area contributed by atoms with E-state index in [4.69, 9.17) is 0 Å². The van der Waals surface area contributed by atoms with Crippen molar-refractivity contribution in [1.29, 1.82) is 0 Å². The predicted octanol–water partition coefficient (Wildman–Crippen LogP) is 0.655. The number of amides is 1. The van der Waals surface area contributed by atoms with Crippen molar-refractivity contribution in [1.82, 2.24) is 20.1 Å². The minimum Gasteiger partial charge on any atom is -0.348 e. The third-order valence-electron chi connectivity index (χ3n) is 2.80. The molecule has 2 N–H and O–H groups in total. The summed E-state index contributed by atoms with van der Waals surface area (Å²) in [6.07, 6.45) is 1.86. The van der Waals surface area contributed by atoms with Crippen LogP contribution in [0.3, 0.4) is 0 Å². The Labute approximate surface area is 110 Å². The Kier molecular flexibility index (Phi) is 3.50. The maximum absolute atomic E-state index is 11.9. The van der Waals surface area contributed by atoms with E-state index in [1.54, 1.807) is 17.7 Å². The van der Waals surface area contributed by atoms with Crippen LogP contribution in [-0.4, -0.2) is 20.7 Å². The van der Waals surface area contributed by atoms with Crippen molar-refractivity contribution in [2.45, 2.75) is 20.4 Å². The van der Waals surface area contributed by atoms with Gasteiger partial charge in [-0.05, 0) is 19.9 Å². The van der Waals surface area contributed by atoms with Gasteiger partial charge in [-0.2, -0.15) is 5.10 Å². The van der Waals surface area contributed by atoms with Crippen LogP contribution in [0.15, 0.2) is 23.1 Å². The van der Waals surface area contributed by atoms with Crippen LogP contribution >= 0.6 is 0 Å². The van der Waals surface area contributed by atoms with Gasteiger partial charge in [0.05, 0.1) is 5.69 Å². The highest BCUT2D eigenvalue weighted by molar-refractivity contribution is 5.94. The Morgan fingerprint density at radius 3 is 2.74 bits per heavy atom. The molecule has 2 rings (SSSR count). The van der Waals surface area contributed by atoms with Gasteiger partial charge in [0.15, 0.2) is 0 Å². The van der Waals surface area contributed by atoms with E-state index in [0.717, 1.165) is 11.3 Å². The number of nitrogens with zero attached hydrogens (tertiary/aromatic N) is 2. The third kappa shape index (κ3) is 3.09. The normalized spacial score (nSPS) is 10.5. The highest BCUT2D eigenvalue weighted by atomic mass is 16.2. The molecule has 0 unspecified atom stereocenters. The topological polar surface area (TPSA) is 79.8 Å². The second-order valence-corrected chi connectivity index (χ2v) is 4.51. The summed E-state index contributed by atoms with van der Waals surface area (Å²) in [6, 6.07) is 2.94. The molecule has 0 saturated carbocycles. The molecule has 0 radical (unpaired) electrons. The maximum atomic E-state index is 11.9. The van der Waals surface area contributed by atoms with E-state index in [1.807, 2.05) is 20.2 Å². The van der Waals surface area contributed by atoms with Gasteiger partial charge >= 0.3 is 0 Å². The molecule has 0 spiro atoms. The first-order valence-electron chi connectivity index (χ1n) is 5.94. The van der Waals surface area contributed by atoms with Gasteiger partial charge in [-0.3, -0.25) is 14.3 Å². The molecule has 0 aromatic carbocycles. The minimum atomic E-state index is -0.275. The monoisotopic (exact) mass is 260 g/mol. The van der Waals surface area contributed by atoms with E-state index < -0.39 is 0 Å². The summed E-state index contributed by atoms with van der Waals surface area (Å²) in [5.74, 6) is -0.266. The second kappa shape index (κ2) is 5.09. The third-order valence-corrected chi connectivity index (χ3v) is 2.80. The fourth-order valence-corrected chi connectivity index (χ4v) is 1.91. The first kappa shape index (κ1) is 13.1. The van der Waals surface area contributed by atoms with Crippen LogP contribution in [0.4, 0.5) is 0 Å². The van der Waals surface area contributed by atoms with Gasteiger partial charge in [0.1, 0.15) is 0 Å². The molecule has 0 atom stereocenters. The van der Waals surface area contributed by atoms with Crippen molar-refractivity contribution in [2.75, 3.05) is 0 Å². The van der Waals surface area contributed by atoms with Crippen LogP contribution in [0.25, 0.3) is 0 Å². The maximum Gasteiger partial charge on any atom is 0.251 e. The van der Waals surface area contributed by atoms with Crippen LogP contribution in [0.2, 0.25) is 0 Å². The summed E-state index contributed by atoms with van der Waals surface area (Å²) < 4.78 is 1.70. The average molecular weight is 260 g/mol. The van der Waals surface area contributed by atoms with Gasteiger partial charge in [0.25, 0.3) is 5.91 Å². The Morgan fingerprint density at radius 1 is 1.42 bits per heavy atom. The molecule has 6 nitrogen and oxygen atoms in total. The largest absolute Gasteiger partial charge is 0.348 e. The molecule has 2 heterocycles. The molecule has 1 amide bonds. The molecule has 0 aliphatic rings. The summed E-state index contributed by atoms with van der Waals surface area (Å²) in [5.41, 5.74) is 2.59. The number of aromatic nitrogens is 3. The number of pyridine rings is 1. The zero-order valence-corrected chi connectivity index (χ0v) is 11.2.